The van der Waals surface area contributed by atoms with Crippen molar-refractivity contribution in [2.24, 2.45) is 4.99 Å². The summed E-state index contributed by atoms with van der Waals surface area (Å²) in [6, 6.07) is 0.475. The number of hydrogen-bond donors (Lipinski definition) is 2. The predicted molar refractivity (Wildman–Crippen MR) is 81.1 cm³/mol. The molecule has 1 atom stereocenters. The first-order valence-electron chi connectivity index (χ1n) is 8.16. The second-order valence-electron chi connectivity index (χ2n) is 6.47. The molecular formula is C15H28N4O. The van der Waals surface area contributed by atoms with E-state index in [0.717, 1.165) is 45.4 Å². The van der Waals surface area contributed by atoms with E-state index in [1.54, 1.807) is 0 Å². The van der Waals surface area contributed by atoms with Crippen LogP contribution in [0.3, 0.4) is 0 Å². The van der Waals surface area contributed by atoms with E-state index in [2.05, 4.69) is 27.4 Å². The summed E-state index contributed by atoms with van der Waals surface area (Å²) in [5, 5.41) is 6.99. The minimum absolute atomic E-state index is 0.318. The van der Waals surface area contributed by atoms with Crippen LogP contribution in [0.25, 0.3) is 0 Å². The quantitative estimate of drug-likeness (QED) is 0.808. The van der Waals surface area contributed by atoms with Crippen LogP contribution in [0.5, 0.6) is 0 Å². The lowest BCUT2D eigenvalue weighted by molar-refractivity contribution is -0.0352. The van der Waals surface area contributed by atoms with Gasteiger partial charge in [0, 0.05) is 31.2 Å². The van der Waals surface area contributed by atoms with Crippen LogP contribution in [0.4, 0.5) is 0 Å². The van der Waals surface area contributed by atoms with Crippen LogP contribution in [0.2, 0.25) is 0 Å². The lowest BCUT2D eigenvalue weighted by Gasteiger charge is -2.48. The van der Waals surface area contributed by atoms with E-state index in [1.807, 2.05) is 0 Å². The first-order valence-corrected chi connectivity index (χ1v) is 8.16. The number of rotatable bonds is 3. The minimum Gasteiger partial charge on any atom is -0.379 e. The smallest absolute Gasteiger partial charge is 0.191 e. The fraction of sp³-hybridized carbons (Fsp3) is 0.933. The number of morpholine rings is 1. The van der Waals surface area contributed by atoms with Gasteiger partial charge in [-0.3, -0.25) is 9.89 Å². The molecule has 0 bridgehead atoms. The van der Waals surface area contributed by atoms with Crippen LogP contribution in [0.15, 0.2) is 4.99 Å². The van der Waals surface area contributed by atoms with Crippen LogP contribution in [-0.4, -0.2) is 61.8 Å². The molecular weight excluding hydrogens is 252 g/mol. The van der Waals surface area contributed by atoms with Crippen molar-refractivity contribution in [3.8, 4) is 0 Å². The molecule has 1 unspecified atom stereocenters. The highest BCUT2D eigenvalue weighted by atomic mass is 16.5. The second-order valence-corrected chi connectivity index (χ2v) is 6.47. The predicted octanol–water partition coefficient (Wildman–Crippen LogP) is 0.959. The maximum absolute atomic E-state index is 5.53. The molecule has 0 aromatic heterocycles. The SMILES string of the molecule is CC1CN=C(NCC2(N3CCOCC3)CCCCC2)N1. The third-order valence-electron chi connectivity index (χ3n) is 4.96. The fourth-order valence-corrected chi connectivity index (χ4v) is 3.76. The molecule has 3 aliphatic rings. The summed E-state index contributed by atoms with van der Waals surface area (Å²) in [5.74, 6) is 0.996. The van der Waals surface area contributed by atoms with E-state index in [4.69, 9.17) is 4.74 Å². The Morgan fingerprint density at radius 2 is 2.05 bits per heavy atom. The molecule has 0 spiro atoms. The summed E-state index contributed by atoms with van der Waals surface area (Å²) in [7, 11) is 0. The van der Waals surface area contributed by atoms with Gasteiger partial charge in [-0.2, -0.15) is 0 Å². The summed E-state index contributed by atoms with van der Waals surface area (Å²) in [4.78, 5) is 7.20. The highest BCUT2D eigenvalue weighted by Gasteiger charge is 2.38. The highest BCUT2D eigenvalue weighted by Crippen LogP contribution is 2.33. The third kappa shape index (κ3) is 3.09. The number of nitrogens with one attached hydrogen (secondary N) is 2. The molecule has 0 radical (unpaired) electrons. The van der Waals surface area contributed by atoms with E-state index in [0.29, 0.717) is 11.6 Å². The summed E-state index contributed by atoms with van der Waals surface area (Å²) >= 11 is 0. The molecule has 20 heavy (non-hydrogen) atoms. The molecule has 1 saturated heterocycles. The Labute approximate surface area is 122 Å². The van der Waals surface area contributed by atoms with Gasteiger partial charge in [-0.15, -0.1) is 0 Å². The van der Waals surface area contributed by atoms with Crippen LogP contribution in [-0.2, 0) is 4.74 Å². The average molecular weight is 280 g/mol. The molecule has 5 nitrogen and oxygen atoms in total. The largest absolute Gasteiger partial charge is 0.379 e. The van der Waals surface area contributed by atoms with E-state index >= 15 is 0 Å². The van der Waals surface area contributed by atoms with Gasteiger partial charge in [-0.05, 0) is 19.8 Å². The van der Waals surface area contributed by atoms with Crippen LogP contribution < -0.4 is 10.6 Å². The zero-order chi connectivity index (χ0) is 13.8. The molecule has 0 aromatic rings. The first-order chi connectivity index (χ1) is 9.78. The van der Waals surface area contributed by atoms with Crippen LogP contribution in [0, 0.1) is 0 Å². The molecule has 0 amide bonds. The number of guanidine groups is 1. The zero-order valence-corrected chi connectivity index (χ0v) is 12.7. The van der Waals surface area contributed by atoms with Crippen molar-refractivity contribution in [3.63, 3.8) is 0 Å². The standard InChI is InChI=1S/C15H28N4O/c1-13-11-16-14(18-13)17-12-15(5-3-2-4-6-15)19-7-9-20-10-8-19/h13H,2-12H2,1H3,(H2,16,17,18). The lowest BCUT2D eigenvalue weighted by Crippen LogP contribution is -2.60. The van der Waals surface area contributed by atoms with Crippen molar-refractivity contribution < 1.29 is 4.74 Å². The molecule has 2 heterocycles. The van der Waals surface area contributed by atoms with E-state index < -0.39 is 0 Å². The first kappa shape index (κ1) is 14.1. The zero-order valence-electron chi connectivity index (χ0n) is 12.7. The lowest BCUT2D eigenvalue weighted by atomic mass is 9.80. The van der Waals surface area contributed by atoms with Gasteiger partial charge in [-0.1, -0.05) is 19.3 Å². The number of nitrogens with zero attached hydrogens (tertiary/aromatic N) is 2. The molecule has 5 heteroatoms. The van der Waals surface area contributed by atoms with Gasteiger partial charge < -0.3 is 15.4 Å². The molecule has 0 aromatic carbocycles. The molecule has 2 aliphatic heterocycles. The normalized spacial score (nSPS) is 30.6. The van der Waals surface area contributed by atoms with Crippen LogP contribution in [0.1, 0.15) is 39.0 Å². The van der Waals surface area contributed by atoms with Gasteiger partial charge in [0.15, 0.2) is 5.96 Å². The van der Waals surface area contributed by atoms with Crippen molar-refractivity contribution in [2.45, 2.75) is 50.6 Å². The summed E-state index contributed by atoms with van der Waals surface area (Å²) < 4.78 is 5.53. The molecule has 2 N–H and O–H groups in total. The van der Waals surface area contributed by atoms with Crippen LogP contribution >= 0.6 is 0 Å². The van der Waals surface area contributed by atoms with Gasteiger partial charge in [0.05, 0.1) is 19.8 Å². The number of aliphatic imine (C=N–C) groups is 1. The fourth-order valence-electron chi connectivity index (χ4n) is 3.76. The number of ether oxygens (including phenoxy) is 1. The summed E-state index contributed by atoms with van der Waals surface area (Å²) in [6.45, 7) is 8.03. The highest BCUT2D eigenvalue weighted by molar-refractivity contribution is 5.81. The van der Waals surface area contributed by atoms with Crippen molar-refractivity contribution in [2.75, 3.05) is 39.4 Å². The van der Waals surface area contributed by atoms with Crippen molar-refractivity contribution >= 4 is 5.96 Å². The maximum atomic E-state index is 5.53. The number of hydrogen-bond acceptors (Lipinski definition) is 5. The van der Waals surface area contributed by atoms with E-state index in [-0.39, 0.29) is 0 Å². The minimum atomic E-state index is 0.318. The van der Waals surface area contributed by atoms with E-state index in [9.17, 15) is 0 Å². The van der Waals surface area contributed by atoms with Gasteiger partial charge in [-0.25, -0.2) is 0 Å². The van der Waals surface area contributed by atoms with Gasteiger partial charge in [0.2, 0.25) is 0 Å². The van der Waals surface area contributed by atoms with Crippen molar-refractivity contribution in [1.82, 2.24) is 15.5 Å². The van der Waals surface area contributed by atoms with Gasteiger partial charge in [0.25, 0.3) is 0 Å². The Kier molecular flexibility index (Phi) is 4.46. The maximum Gasteiger partial charge on any atom is 0.191 e. The Morgan fingerprint density at radius 3 is 2.70 bits per heavy atom. The third-order valence-corrected chi connectivity index (χ3v) is 4.96. The molecule has 1 saturated carbocycles. The average Bonchev–Trinajstić information content (AvgIpc) is 2.93. The Balaban J connectivity index is 1.62. The monoisotopic (exact) mass is 280 g/mol. The molecule has 2 fully saturated rings. The summed E-state index contributed by atoms with van der Waals surface area (Å²) in [5.41, 5.74) is 0.318. The molecule has 114 valence electrons. The second kappa shape index (κ2) is 6.31. The Morgan fingerprint density at radius 1 is 1.30 bits per heavy atom. The Hall–Kier alpha value is -0.810. The molecule has 1 aliphatic carbocycles. The topological polar surface area (TPSA) is 48.9 Å². The van der Waals surface area contributed by atoms with E-state index in [1.165, 1.54) is 32.1 Å². The Bertz CT molecular complexity index is 346. The van der Waals surface area contributed by atoms with Gasteiger partial charge >= 0.3 is 0 Å². The van der Waals surface area contributed by atoms with Crippen molar-refractivity contribution in [1.29, 1.82) is 0 Å². The van der Waals surface area contributed by atoms with Crippen molar-refractivity contribution in [3.05, 3.63) is 0 Å². The van der Waals surface area contributed by atoms with Gasteiger partial charge in [0.1, 0.15) is 0 Å². The summed E-state index contributed by atoms with van der Waals surface area (Å²) in [6.07, 6.45) is 6.72. The molecule has 3 rings (SSSR count).